The average Bonchev–Trinajstić information content (AvgIpc) is 2.05. The predicted molar refractivity (Wildman–Crippen MR) is 55.9 cm³/mol. The molecule has 2 N–H and O–H groups in total. The molecule has 0 saturated heterocycles. The zero-order valence-corrected chi connectivity index (χ0v) is 7.83. The summed E-state index contributed by atoms with van der Waals surface area (Å²) >= 11 is 0. The Kier molecular flexibility index (Phi) is 6.02. The maximum absolute atomic E-state index is 5.11. The molecule has 0 bridgehead atoms. The highest BCUT2D eigenvalue weighted by Crippen LogP contribution is 1.97. The SMILES string of the molecule is C=Cc1ccccc1.CC(C)N. The van der Waals surface area contributed by atoms with Crippen molar-refractivity contribution in [2.24, 2.45) is 5.73 Å². The second kappa shape index (κ2) is 6.62. The fourth-order valence-electron chi connectivity index (χ4n) is 0.589. The van der Waals surface area contributed by atoms with Crippen LogP contribution in [0.25, 0.3) is 6.08 Å². The van der Waals surface area contributed by atoms with Crippen LogP contribution in [0.3, 0.4) is 0 Å². The molecular weight excluding hydrogens is 146 g/mol. The van der Waals surface area contributed by atoms with Crippen molar-refractivity contribution in [1.82, 2.24) is 0 Å². The Labute approximate surface area is 74.9 Å². The first kappa shape index (κ1) is 10.9. The van der Waals surface area contributed by atoms with E-state index in [1.54, 1.807) is 0 Å². The van der Waals surface area contributed by atoms with Crippen molar-refractivity contribution in [3.05, 3.63) is 42.5 Å². The largest absolute Gasteiger partial charge is 0.328 e. The van der Waals surface area contributed by atoms with E-state index in [1.165, 1.54) is 5.56 Å². The molecule has 66 valence electrons. The third-order valence-electron chi connectivity index (χ3n) is 1.04. The standard InChI is InChI=1S/C8H8.C3H9N/c1-2-8-6-4-3-5-7-8;1-3(2)4/h2-7H,1H2;3H,4H2,1-2H3. The van der Waals surface area contributed by atoms with E-state index in [2.05, 4.69) is 6.58 Å². The van der Waals surface area contributed by atoms with Crippen molar-refractivity contribution in [3.8, 4) is 0 Å². The van der Waals surface area contributed by atoms with Crippen molar-refractivity contribution in [2.45, 2.75) is 19.9 Å². The smallest absolute Gasteiger partial charge is 0.00179 e. The summed E-state index contributed by atoms with van der Waals surface area (Å²) in [5.41, 5.74) is 6.28. The van der Waals surface area contributed by atoms with E-state index in [9.17, 15) is 0 Å². The van der Waals surface area contributed by atoms with Crippen molar-refractivity contribution in [3.63, 3.8) is 0 Å². The van der Waals surface area contributed by atoms with Crippen LogP contribution in [0.4, 0.5) is 0 Å². The molecule has 0 atom stereocenters. The van der Waals surface area contributed by atoms with Crippen LogP contribution in [-0.2, 0) is 0 Å². The van der Waals surface area contributed by atoms with Gasteiger partial charge in [0.05, 0.1) is 0 Å². The molecule has 0 spiro atoms. The summed E-state index contributed by atoms with van der Waals surface area (Å²) in [6, 6.07) is 10.4. The number of rotatable bonds is 1. The normalized spacial score (nSPS) is 8.67. The van der Waals surface area contributed by atoms with Gasteiger partial charge in [-0.1, -0.05) is 56.8 Å². The van der Waals surface area contributed by atoms with E-state index in [1.807, 2.05) is 50.3 Å². The molecule has 0 amide bonds. The van der Waals surface area contributed by atoms with Gasteiger partial charge >= 0.3 is 0 Å². The predicted octanol–water partition coefficient (Wildman–Crippen LogP) is 2.68. The highest BCUT2D eigenvalue weighted by atomic mass is 14.6. The Morgan fingerprint density at radius 3 is 1.92 bits per heavy atom. The fourth-order valence-corrected chi connectivity index (χ4v) is 0.589. The first-order chi connectivity index (χ1) is 5.66. The minimum atomic E-state index is 0.333. The van der Waals surface area contributed by atoms with Crippen molar-refractivity contribution in [2.75, 3.05) is 0 Å². The number of nitrogens with two attached hydrogens (primary N) is 1. The molecule has 0 aliphatic rings. The molecule has 0 aliphatic carbocycles. The topological polar surface area (TPSA) is 26.0 Å². The molecule has 0 fully saturated rings. The van der Waals surface area contributed by atoms with Crippen LogP contribution in [0.1, 0.15) is 19.4 Å². The first-order valence-corrected chi connectivity index (χ1v) is 4.10. The van der Waals surface area contributed by atoms with E-state index in [0.717, 1.165) is 0 Å². The summed E-state index contributed by atoms with van der Waals surface area (Å²) in [5.74, 6) is 0. The molecule has 1 aromatic rings. The van der Waals surface area contributed by atoms with Gasteiger partial charge in [-0.05, 0) is 11.6 Å². The molecule has 0 heterocycles. The van der Waals surface area contributed by atoms with Crippen LogP contribution in [0, 0.1) is 0 Å². The summed E-state index contributed by atoms with van der Waals surface area (Å²) in [6.07, 6.45) is 1.83. The molecule has 1 rings (SSSR count). The number of hydrogen-bond acceptors (Lipinski definition) is 1. The summed E-state index contributed by atoms with van der Waals surface area (Å²) in [4.78, 5) is 0. The molecule has 0 unspecified atom stereocenters. The minimum absolute atomic E-state index is 0.333. The third-order valence-corrected chi connectivity index (χ3v) is 1.04. The van der Waals surface area contributed by atoms with Gasteiger partial charge in [-0.15, -0.1) is 0 Å². The van der Waals surface area contributed by atoms with Gasteiger partial charge in [0, 0.05) is 0 Å². The first-order valence-electron chi connectivity index (χ1n) is 4.10. The Balaban J connectivity index is 0.000000261. The minimum Gasteiger partial charge on any atom is -0.328 e. The Morgan fingerprint density at radius 2 is 1.67 bits per heavy atom. The zero-order valence-electron chi connectivity index (χ0n) is 7.83. The summed E-state index contributed by atoms with van der Waals surface area (Å²) < 4.78 is 0. The number of hydrogen-bond donors (Lipinski definition) is 1. The lowest BCUT2D eigenvalue weighted by atomic mass is 10.2. The van der Waals surface area contributed by atoms with E-state index in [-0.39, 0.29) is 0 Å². The second-order valence-corrected chi connectivity index (χ2v) is 2.86. The maximum Gasteiger partial charge on any atom is -0.00179 e. The van der Waals surface area contributed by atoms with Gasteiger partial charge < -0.3 is 5.73 Å². The van der Waals surface area contributed by atoms with Gasteiger partial charge in [0.25, 0.3) is 0 Å². The van der Waals surface area contributed by atoms with Gasteiger partial charge in [-0.2, -0.15) is 0 Å². The lowest BCUT2D eigenvalue weighted by Gasteiger charge is -1.85. The Hall–Kier alpha value is -1.08. The molecule has 0 radical (unpaired) electrons. The molecule has 1 aromatic carbocycles. The highest BCUT2D eigenvalue weighted by molar-refractivity contribution is 5.45. The van der Waals surface area contributed by atoms with Crippen LogP contribution in [0.2, 0.25) is 0 Å². The molecule has 0 aliphatic heterocycles. The van der Waals surface area contributed by atoms with E-state index in [0.29, 0.717) is 6.04 Å². The fraction of sp³-hybridized carbons (Fsp3) is 0.273. The van der Waals surface area contributed by atoms with E-state index in [4.69, 9.17) is 5.73 Å². The van der Waals surface area contributed by atoms with E-state index < -0.39 is 0 Å². The highest BCUT2D eigenvalue weighted by Gasteiger charge is 1.75. The van der Waals surface area contributed by atoms with Gasteiger partial charge in [0.2, 0.25) is 0 Å². The van der Waals surface area contributed by atoms with Gasteiger partial charge in [0.15, 0.2) is 0 Å². The molecular formula is C11H17N. The zero-order chi connectivity index (χ0) is 9.40. The number of benzene rings is 1. The average molecular weight is 163 g/mol. The van der Waals surface area contributed by atoms with Crippen LogP contribution < -0.4 is 5.73 Å². The monoisotopic (exact) mass is 163 g/mol. The maximum atomic E-state index is 5.11. The van der Waals surface area contributed by atoms with Gasteiger partial charge in [-0.25, -0.2) is 0 Å². The van der Waals surface area contributed by atoms with Crippen LogP contribution in [0.5, 0.6) is 0 Å². The van der Waals surface area contributed by atoms with Gasteiger partial charge in [-0.3, -0.25) is 0 Å². The van der Waals surface area contributed by atoms with Crippen molar-refractivity contribution in [1.29, 1.82) is 0 Å². The Bertz CT molecular complexity index is 199. The quantitative estimate of drug-likeness (QED) is 0.676. The lowest BCUT2D eigenvalue weighted by Crippen LogP contribution is -2.06. The second-order valence-electron chi connectivity index (χ2n) is 2.86. The summed E-state index contributed by atoms with van der Waals surface area (Å²) in [6.45, 7) is 7.52. The van der Waals surface area contributed by atoms with Crippen LogP contribution in [0.15, 0.2) is 36.9 Å². The molecule has 1 nitrogen and oxygen atoms in total. The molecule has 0 aromatic heterocycles. The van der Waals surface area contributed by atoms with Crippen LogP contribution >= 0.6 is 0 Å². The van der Waals surface area contributed by atoms with E-state index >= 15 is 0 Å². The van der Waals surface area contributed by atoms with Crippen molar-refractivity contribution >= 4 is 6.08 Å². The molecule has 0 saturated carbocycles. The Morgan fingerprint density at radius 1 is 1.25 bits per heavy atom. The van der Waals surface area contributed by atoms with Crippen LogP contribution in [-0.4, -0.2) is 6.04 Å². The molecule has 1 heteroatoms. The summed E-state index contributed by atoms with van der Waals surface area (Å²) in [5, 5.41) is 0. The third kappa shape index (κ3) is 7.03. The summed E-state index contributed by atoms with van der Waals surface area (Å²) in [7, 11) is 0. The lowest BCUT2D eigenvalue weighted by molar-refractivity contribution is 0.834. The van der Waals surface area contributed by atoms with Gasteiger partial charge in [0.1, 0.15) is 0 Å². The van der Waals surface area contributed by atoms with Crippen molar-refractivity contribution < 1.29 is 0 Å². The molecule has 12 heavy (non-hydrogen) atoms.